The normalized spacial score (nSPS) is 16.8. The Bertz CT molecular complexity index is 895. The molecule has 9 heteroatoms. The van der Waals surface area contributed by atoms with Crippen molar-refractivity contribution in [3.63, 3.8) is 0 Å². The number of hydrogen-bond acceptors (Lipinski definition) is 7. The van der Waals surface area contributed by atoms with Crippen molar-refractivity contribution in [2.45, 2.75) is 24.0 Å². The molecule has 8 nitrogen and oxygen atoms in total. The van der Waals surface area contributed by atoms with Crippen LogP contribution in [0.2, 0.25) is 0 Å². The predicted octanol–water partition coefficient (Wildman–Crippen LogP) is 1.57. The van der Waals surface area contributed by atoms with Gasteiger partial charge in [0.25, 0.3) is 0 Å². The van der Waals surface area contributed by atoms with E-state index in [2.05, 4.69) is 25.6 Å². The van der Waals surface area contributed by atoms with Gasteiger partial charge in [0.05, 0.1) is 11.9 Å². The summed E-state index contributed by atoms with van der Waals surface area (Å²) in [5.74, 6) is 0.927. The first kappa shape index (κ1) is 16.9. The van der Waals surface area contributed by atoms with Crippen LogP contribution in [-0.4, -0.2) is 55.7 Å². The van der Waals surface area contributed by atoms with Gasteiger partial charge in [0.2, 0.25) is 5.91 Å². The molecule has 0 spiro atoms. The van der Waals surface area contributed by atoms with Crippen molar-refractivity contribution in [3.8, 4) is 11.4 Å². The van der Waals surface area contributed by atoms with E-state index < -0.39 is 0 Å². The number of nitrogens with zero attached hydrogens (tertiary/aromatic N) is 5. The van der Waals surface area contributed by atoms with E-state index >= 15 is 0 Å². The highest BCUT2D eigenvalue weighted by Crippen LogP contribution is 2.20. The third-order valence-corrected chi connectivity index (χ3v) is 5.00. The van der Waals surface area contributed by atoms with Gasteiger partial charge in [-0.1, -0.05) is 11.8 Å². The summed E-state index contributed by atoms with van der Waals surface area (Å²) in [6.07, 6.45) is 5.63. The molecule has 1 amide bonds. The van der Waals surface area contributed by atoms with Gasteiger partial charge in [-0.2, -0.15) is 9.61 Å². The number of ether oxygens (including phenoxy) is 1. The Labute approximate surface area is 154 Å². The molecule has 1 aliphatic rings. The van der Waals surface area contributed by atoms with Gasteiger partial charge in [-0.3, -0.25) is 9.78 Å². The van der Waals surface area contributed by atoms with Crippen LogP contribution in [0.5, 0.6) is 0 Å². The second kappa shape index (κ2) is 7.79. The summed E-state index contributed by atoms with van der Waals surface area (Å²) in [5, 5.41) is 16.5. The maximum absolute atomic E-state index is 12.0. The van der Waals surface area contributed by atoms with Gasteiger partial charge >= 0.3 is 0 Å². The van der Waals surface area contributed by atoms with Crippen LogP contribution in [0.25, 0.3) is 17.0 Å². The second-order valence-corrected chi connectivity index (χ2v) is 6.92. The first-order valence-corrected chi connectivity index (χ1v) is 9.42. The van der Waals surface area contributed by atoms with E-state index in [-0.39, 0.29) is 12.0 Å². The molecular formula is C17H18N6O2S. The minimum absolute atomic E-state index is 0.0227. The molecule has 3 aromatic rings. The monoisotopic (exact) mass is 370 g/mol. The van der Waals surface area contributed by atoms with Crippen LogP contribution < -0.4 is 5.32 Å². The number of rotatable bonds is 6. The number of carbonyl (C=O) groups is 1. The van der Waals surface area contributed by atoms with Gasteiger partial charge in [0.1, 0.15) is 5.03 Å². The van der Waals surface area contributed by atoms with Gasteiger partial charge in [0.15, 0.2) is 11.5 Å². The zero-order chi connectivity index (χ0) is 17.8. The summed E-state index contributed by atoms with van der Waals surface area (Å²) in [5.41, 5.74) is 1.54. The average Bonchev–Trinajstić information content (AvgIpc) is 3.34. The van der Waals surface area contributed by atoms with Gasteiger partial charge in [-0.05, 0) is 37.1 Å². The highest BCUT2D eigenvalue weighted by molar-refractivity contribution is 7.99. The summed E-state index contributed by atoms with van der Waals surface area (Å²) in [6, 6.07) is 7.41. The van der Waals surface area contributed by atoms with Gasteiger partial charge in [-0.25, -0.2) is 0 Å². The molecule has 4 rings (SSSR count). The zero-order valence-corrected chi connectivity index (χ0v) is 14.9. The Hall–Kier alpha value is -2.52. The number of carbonyl (C=O) groups excluding carboxylic acids is 1. The van der Waals surface area contributed by atoms with Crippen LogP contribution in [0, 0.1) is 0 Å². The fourth-order valence-corrected chi connectivity index (χ4v) is 3.44. The molecule has 0 unspecified atom stereocenters. The number of aromatic nitrogens is 5. The summed E-state index contributed by atoms with van der Waals surface area (Å²) in [7, 11) is 0. The van der Waals surface area contributed by atoms with Crippen molar-refractivity contribution < 1.29 is 9.53 Å². The Morgan fingerprint density at radius 1 is 1.27 bits per heavy atom. The van der Waals surface area contributed by atoms with Crippen molar-refractivity contribution >= 4 is 23.3 Å². The van der Waals surface area contributed by atoms with E-state index in [1.807, 2.05) is 24.3 Å². The molecule has 0 saturated carbocycles. The molecule has 1 atom stereocenters. The van der Waals surface area contributed by atoms with Crippen LogP contribution in [0.4, 0.5) is 0 Å². The predicted molar refractivity (Wildman–Crippen MR) is 96.7 cm³/mol. The lowest BCUT2D eigenvalue weighted by Gasteiger charge is -2.10. The maximum Gasteiger partial charge on any atom is 0.230 e. The fraction of sp³-hybridized carbons (Fsp3) is 0.353. The van der Waals surface area contributed by atoms with Crippen LogP contribution in [0.3, 0.4) is 0 Å². The Kier molecular flexibility index (Phi) is 5.07. The molecule has 1 saturated heterocycles. The third kappa shape index (κ3) is 3.83. The minimum Gasteiger partial charge on any atom is -0.376 e. The number of nitrogens with one attached hydrogen (secondary N) is 1. The molecular weight excluding hydrogens is 352 g/mol. The smallest absolute Gasteiger partial charge is 0.230 e. The van der Waals surface area contributed by atoms with Gasteiger partial charge in [0, 0.05) is 31.1 Å². The molecule has 134 valence electrons. The van der Waals surface area contributed by atoms with Crippen LogP contribution >= 0.6 is 11.8 Å². The lowest BCUT2D eigenvalue weighted by Crippen LogP contribution is -2.32. The van der Waals surface area contributed by atoms with Crippen LogP contribution in [-0.2, 0) is 9.53 Å². The van der Waals surface area contributed by atoms with E-state index in [9.17, 15) is 4.79 Å². The number of amides is 1. The lowest BCUT2D eigenvalue weighted by molar-refractivity contribution is -0.119. The van der Waals surface area contributed by atoms with Crippen molar-refractivity contribution in [3.05, 3.63) is 36.7 Å². The van der Waals surface area contributed by atoms with Crippen LogP contribution in [0.15, 0.2) is 41.7 Å². The quantitative estimate of drug-likeness (QED) is 0.658. The van der Waals surface area contributed by atoms with Crippen molar-refractivity contribution in [1.29, 1.82) is 0 Å². The number of fused-ring (bicyclic) bond motifs is 1. The van der Waals surface area contributed by atoms with E-state index in [1.165, 1.54) is 11.8 Å². The van der Waals surface area contributed by atoms with E-state index in [4.69, 9.17) is 4.74 Å². The summed E-state index contributed by atoms with van der Waals surface area (Å²) in [4.78, 5) is 16.0. The summed E-state index contributed by atoms with van der Waals surface area (Å²) >= 11 is 1.38. The molecule has 1 N–H and O–H groups in total. The van der Waals surface area contributed by atoms with Gasteiger partial charge < -0.3 is 10.1 Å². The fourth-order valence-electron chi connectivity index (χ4n) is 2.75. The summed E-state index contributed by atoms with van der Waals surface area (Å²) < 4.78 is 7.19. The molecule has 3 aromatic heterocycles. The number of thioether (sulfide) groups is 1. The van der Waals surface area contributed by atoms with Gasteiger partial charge in [-0.15, -0.1) is 10.2 Å². The first-order valence-electron chi connectivity index (χ1n) is 8.43. The second-order valence-electron chi connectivity index (χ2n) is 5.93. The van der Waals surface area contributed by atoms with Crippen LogP contribution in [0.1, 0.15) is 12.8 Å². The zero-order valence-electron chi connectivity index (χ0n) is 14.0. The Morgan fingerprint density at radius 2 is 2.15 bits per heavy atom. The number of hydrogen-bond donors (Lipinski definition) is 1. The molecule has 26 heavy (non-hydrogen) atoms. The highest BCUT2D eigenvalue weighted by Gasteiger charge is 2.16. The molecule has 0 aromatic carbocycles. The Balaban J connectivity index is 1.41. The Morgan fingerprint density at radius 3 is 2.96 bits per heavy atom. The largest absolute Gasteiger partial charge is 0.376 e. The van der Waals surface area contributed by atoms with E-state index in [0.717, 1.165) is 30.0 Å². The van der Waals surface area contributed by atoms with Crippen molar-refractivity contribution in [2.75, 3.05) is 18.9 Å². The average molecular weight is 370 g/mol. The standard InChI is InChI=1S/C17H18N6O2S/c24-15(19-10-13-2-1-9-25-13)11-26-16-4-3-14-20-21-17(23(14)22-16)12-5-7-18-8-6-12/h3-8,13H,1-2,9-11H2,(H,19,24)/t13-/m0/s1. The molecule has 0 bridgehead atoms. The SMILES string of the molecule is O=C(CSc1ccc2nnc(-c3ccncc3)n2n1)NC[C@@H]1CCCO1. The van der Waals surface area contributed by atoms with E-state index in [1.54, 1.807) is 16.9 Å². The molecule has 1 fully saturated rings. The topological polar surface area (TPSA) is 94.3 Å². The highest BCUT2D eigenvalue weighted by atomic mass is 32.2. The lowest BCUT2D eigenvalue weighted by atomic mass is 10.2. The van der Waals surface area contributed by atoms with E-state index in [0.29, 0.717) is 23.8 Å². The van der Waals surface area contributed by atoms with Crippen molar-refractivity contribution in [1.82, 2.24) is 30.1 Å². The maximum atomic E-state index is 12.0. The number of pyridine rings is 1. The molecule has 1 aliphatic heterocycles. The molecule has 0 aliphatic carbocycles. The minimum atomic E-state index is -0.0227. The molecule has 4 heterocycles. The third-order valence-electron chi connectivity index (χ3n) is 4.08. The van der Waals surface area contributed by atoms with Crippen molar-refractivity contribution in [2.24, 2.45) is 0 Å². The summed E-state index contributed by atoms with van der Waals surface area (Å²) in [6.45, 7) is 1.36. The first-order chi connectivity index (χ1) is 12.8. The molecule has 0 radical (unpaired) electrons.